The summed E-state index contributed by atoms with van der Waals surface area (Å²) in [5.74, 6) is 0. The van der Waals surface area contributed by atoms with E-state index in [0.29, 0.717) is 12.6 Å². The SMILES string of the molecule is CC(CNS(=O)(=O)C(C)C)N1CCCCC1. The molecule has 1 aliphatic heterocycles. The molecule has 1 atom stereocenters. The molecule has 0 aromatic carbocycles. The van der Waals surface area contributed by atoms with Crippen molar-refractivity contribution in [3.8, 4) is 0 Å². The Morgan fingerprint density at radius 1 is 1.12 bits per heavy atom. The largest absolute Gasteiger partial charge is 0.299 e. The molecule has 0 spiro atoms. The lowest BCUT2D eigenvalue weighted by Crippen LogP contribution is -2.45. The molecule has 96 valence electrons. The van der Waals surface area contributed by atoms with E-state index < -0.39 is 10.0 Å². The molecule has 1 unspecified atom stereocenters. The fourth-order valence-corrected chi connectivity index (χ4v) is 2.70. The lowest BCUT2D eigenvalue weighted by Gasteiger charge is -2.32. The third kappa shape index (κ3) is 4.03. The molecular formula is C11H24N2O2S. The van der Waals surface area contributed by atoms with Crippen LogP contribution >= 0.6 is 0 Å². The maximum absolute atomic E-state index is 11.6. The second kappa shape index (κ2) is 5.98. The fraction of sp³-hybridized carbons (Fsp3) is 1.00. The number of nitrogens with one attached hydrogen (secondary N) is 1. The first-order chi connectivity index (χ1) is 7.43. The number of hydrogen-bond donors (Lipinski definition) is 1. The molecule has 0 radical (unpaired) electrons. The third-order valence-electron chi connectivity index (χ3n) is 3.21. The van der Waals surface area contributed by atoms with Gasteiger partial charge in [-0.05, 0) is 46.7 Å². The molecule has 4 nitrogen and oxygen atoms in total. The summed E-state index contributed by atoms with van der Waals surface area (Å²) >= 11 is 0. The van der Waals surface area contributed by atoms with Crippen molar-refractivity contribution < 1.29 is 8.42 Å². The molecule has 1 heterocycles. The first-order valence-electron chi connectivity index (χ1n) is 6.16. The van der Waals surface area contributed by atoms with Gasteiger partial charge in [0.25, 0.3) is 0 Å². The van der Waals surface area contributed by atoms with Crippen molar-refractivity contribution in [2.75, 3.05) is 19.6 Å². The van der Waals surface area contributed by atoms with Gasteiger partial charge in [0.15, 0.2) is 0 Å². The molecule has 0 aromatic rings. The molecule has 0 saturated carbocycles. The van der Waals surface area contributed by atoms with E-state index in [0.717, 1.165) is 13.1 Å². The molecule has 0 bridgehead atoms. The molecule has 0 aromatic heterocycles. The van der Waals surface area contributed by atoms with E-state index in [1.165, 1.54) is 19.3 Å². The van der Waals surface area contributed by atoms with Crippen LogP contribution in [0.1, 0.15) is 40.0 Å². The van der Waals surface area contributed by atoms with Crippen LogP contribution in [0.15, 0.2) is 0 Å². The van der Waals surface area contributed by atoms with Crippen LogP contribution in [-0.2, 0) is 10.0 Å². The van der Waals surface area contributed by atoms with Crippen LogP contribution in [0.4, 0.5) is 0 Å². The molecule has 1 saturated heterocycles. The summed E-state index contributed by atoms with van der Waals surface area (Å²) in [5, 5.41) is -0.346. The maximum atomic E-state index is 11.6. The van der Waals surface area contributed by atoms with Gasteiger partial charge in [-0.15, -0.1) is 0 Å². The van der Waals surface area contributed by atoms with Crippen LogP contribution in [0.5, 0.6) is 0 Å². The number of sulfonamides is 1. The van der Waals surface area contributed by atoms with E-state index in [2.05, 4.69) is 16.5 Å². The number of rotatable bonds is 5. The Balaban J connectivity index is 2.37. The second-order valence-corrected chi connectivity index (χ2v) is 7.21. The Morgan fingerprint density at radius 3 is 2.19 bits per heavy atom. The van der Waals surface area contributed by atoms with Gasteiger partial charge < -0.3 is 0 Å². The van der Waals surface area contributed by atoms with E-state index in [1.54, 1.807) is 13.8 Å². The Labute approximate surface area is 99.5 Å². The standard InChI is InChI=1S/C11H24N2O2S/c1-10(2)16(14,15)12-9-11(3)13-7-5-4-6-8-13/h10-12H,4-9H2,1-3H3. The number of nitrogens with zero attached hydrogens (tertiary/aromatic N) is 1. The van der Waals surface area contributed by atoms with Gasteiger partial charge in [0, 0.05) is 12.6 Å². The molecule has 1 N–H and O–H groups in total. The van der Waals surface area contributed by atoms with Gasteiger partial charge in [-0.2, -0.15) is 0 Å². The summed E-state index contributed by atoms with van der Waals surface area (Å²) in [6.07, 6.45) is 3.78. The van der Waals surface area contributed by atoms with Crippen molar-refractivity contribution in [1.29, 1.82) is 0 Å². The van der Waals surface area contributed by atoms with E-state index in [4.69, 9.17) is 0 Å². The minimum absolute atomic E-state index is 0.300. The molecule has 16 heavy (non-hydrogen) atoms. The van der Waals surface area contributed by atoms with Crippen LogP contribution in [-0.4, -0.2) is 44.2 Å². The molecule has 1 fully saturated rings. The van der Waals surface area contributed by atoms with Gasteiger partial charge >= 0.3 is 0 Å². The van der Waals surface area contributed by atoms with Crippen LogP contribution in [0.3, 0.4) is 0 Å². The van der Waals surface area contributed by atoms with E-state index in [-0.39, 0.29) is 5.25 Å². The maximum Gasteiger partial charge on any atom is 0.213 e. The van der Waals surface area contributed by atoms with Crippen molar-refractivity contribution in [2.24, 2.45) is 0 Å². The van der Waals surface area contributed by atoms with Gasteiger partial charge in [0.05, 0.1) is 5.25 Å². The Hall–Kier alpha value is -0.130. The van der Waals surface area contributed by atoms with E-state index in [1.807, 2.05) is 0 Å². The lowest BCUT2D eigenvalue weighted by molar-refractivity contribution is 0.175. The summed E-state index contributed by atoms with van der Waals surface area (Å²) in [4.78, 5) is 2.37. The fourth-order valence-electron chi connectivity index (χ4n) is 1.89. The molecule has 0 amide bonds. The molecular weight excluding hydrogens is 224 g/mol. The van der Waals surface area contributed by atoms with Crippen molar-refractivity contribution in [1.82, 2.24) is 9.62 Å². The molecule has 1 aliphatic rings. The van der Waals surface area contributed by atoms with Crippen molar-refractivity contribution >= 4 is 10.0 Å². The molecule has 1 rings (SSSR count). The van der Waals surface area contributed by atoms with E-state index >= 15 is 0 Å². The van der Waals surface area contributed by atoms with Crippen LogP contribution in [0, 0.1) is 0 Å². The third-order valence-corrected chi connectivity index (χ3v) is 5.02. The van der Waals surface area contributed by atoms with Crippen molar-refractivity contribution in [3.05, 3.63) is 0 Å². The monoisotopic (exact) mass is 248 g/mol. The zero-order valence-corrected chi connectivity index (χ0v) is 11.4. The smallest absolute Gasteiger partial charge is 0.213 e. The molecule has 0 aliphatic carbocycles. The van der Waals surface area contributed by atoms with Gasteiger partial charge in [0.2, 0.25) is 10.0 Å². The second-order valence-electron chi connectivity index (χ2n) is 4.89. The Morgan fingerprint density at radius 2 is 1.69 bits per heavy atom. The van der Waals surface area contributed by atoms with Crippen LogP contribution in [0.2, 0.25) is 0 Å². The highest BCUT2D eigenvalue weighted by atomic mass is 32.2. The number of likely N-dealkylation sites (tertiary alicyclic amines) is 1. The van der Waals surface area contributed by atoms with Gasteiger partial charge in [-0.25, -0.2) is 13.1 Å². The minimum atomic E-state index is -3.11. The lowest BCUT2D eigenvalue weighted by atomic mass is 10.1. The predicted molar refractivity (Wildman–Crippen MR) is 66.9 cm³/mol. The zero-order chi connectivity index (χ0) is 12.2. The Kier molecular flexibility index (Phi) is 5.21. The first kappa shape index (κ1) is 13.9. The summed E-state index contributed by atoms with van der Waals surface area (Å²) in [7, 11) is -3.11. The quantitative estimate of drug-likeness (QED) is 0.795. The number of piperidine rings is 1. The highest BCUT2D eigenvalue weighted by molar-refractivity contribution is 7.90. The minimum Gasteiger partial charge on any atom is -0.299 e. The topological polar surface area (TPSA) is 49.4 Å². The Bertz CT molecular complexity index is 295. The van der Waals surface area contributed by atoms with Crippen molar-refractivity contribution in [3.63, 3.8) is 0 Å². The van der Waals surface area contributed by atoms with Gasteiger partial charge in [0.1, 0.15) is 0 Å². The van der Waals surface area contributed by atoms with Crippen LogP contribution in [0.25, 0.3) is 0 Å². The van der Waals surface area contributed by atoms with E-state index in [9.17, 15) is 8.42 Å². The average Bonchev–Trinajstić information content (AvgIpc) is 2.27. The van der Waals surface area contributed by atoms with Crippen molar-refractivity contribution in [2.45, 2.75) is 51.3 Å². The average molecular weight is 248 g/mol. The predicted octanol–water partition coefficient (Wildman–Crippen LogP) is 1.19. The van der Waals surface area contributed by atoms with Crippen LogP contribution < -0.4 is 4.72 Å². The summed E-state index contributed by atoms with van der Waals surface area (Å²) in [6, 6.07) is 0.300. The summed E-state index contributed by atoms with van der Waals surface area (Å²) < 4.78 is 25.9. The molecule has 5 heteroatoms. The normalized spacial score (nSPS) is 21.2. The number of hydrogen-bond acceptors (Lipinski definition) is 3. The summed E-state index contributed by atoms with van der Waals surface area (Å²) in [6.45, 7) is 8.23. The zero-order valence-electron chi connectivity index (χ0n) is 10.6. The van der Waals surface area contributed by atoms with Gasteiger partial charge in [-0.3, -0.25) is 4.90 Å². The first-order valence-corrected chi connectivity index (χ1v) is 7.70. The highest BCUT2D eigenvalue weighted by Gasteiger charge is 2.20. The van der Waals surface area contributed by atoms with Gasteiger partial charge in [-0.1, -0.05) is 6.42 Å². The summed E-state index contributed by atoms with van der Waals surface area (Å²) in [5.41, 5.74) is 0. The highest BCUT2D eigenvalue weighted by Crippen LogP contribution is 2.11.